The molecule has 5 heteroatoms. The number of rotatable bonds is 2. The van der Waals surface area contributed by atoms with Crippen LogP contribution in [0.15, 0.2) is 18.2 Å². The number of benzene rings is 1. The summed E-state index contributed by atoms with van der Waals surface area (Å²) in [5.41, 5.74) is 0.722. The van der Waals surface area contributed by atoms with Gasteiger partial charge >= 0.3 is 5.97 Å². The highest BCUT2D eigenvalue weighted by molar-refractivity contribution is 5.93. The van der Waals surface area contributed by atoms with Crippen molar-refractivity contribution in [1.82, 2.24) is 4.98 Å². The van der Waals surface area contributed by atoms with Crippen molar-refractivity contribution in [3.8, 4) is 11.6 Å². The Morgan fingerprint density at radius 3 is 2.73 bits per heavy atom. The maximum Gasteiger partial charge on any atom is 0.308 e. The average Bonchev–Trinajstić information content (AvgIpc) is 2.43. The first kappa shape index (κ1) is 9.39. The molecule has 78 valence electrons. The van der Waals surface area contributed by atoms with E-state index in [1.807, 2.05) is 0 Å². The van der Waals surface area contributed by atoms with E-state index in [1.54, 1.807) is 12.1 Å². The van der Waals surface area contributed by atoms with E-state index in [0.29, 0.717) is 10.9 Å². The van der Waals surface area contributed by atoms with Crippen LogP contribution in [0.5, 0.6) is 11.6 Å². The molecule has 0 saturated carbocycles. The summed E-state index contributed by atoms with van der Waals surface area (Å²) in [5.74, 6) is -1.32. The minimum atomic E-state index is -1.06. The number of hydrogen-bond donors (Lipinski definition) is 4. The summed E-state index contributed by atoms with van der Waals surface area (Å²) in [5, 5.41) is 28.0. The maximum atomic E-state index is 10.6. The lowest BCUT2D eigenvalue weighted by Crippen LogP contribution is -1.99. The summed E-state index contributed by atoms with van der Waals surface area (Å²) in [6.45, 7) is 0. The van der Waals surface area contributed by atoms with Gasteiger partial charge in [-0.05, 0) is 12.1 Å². The number of nitrogens with one attached hydrogen (secondary N) is 1. The van der Waals surface area contributed by atoms with Crippen molar-refractivity contribution in [1.29, 1.82) is 0 Å². The van der Waals surface area contributed by atoms with Crippen LogP contribution in [-0.4, -0.2) is 26.3 Å². The van der Waals surface area contributed by atoms with Crippen molar-refractivity contribution in [3.05, 3.63) is 23.8 Å². The number of hydrogen-bond acceptors (Lipinski definition) is 3. The number of aliphatic carboxylic acids is 1. The fraction of sp³-hybridized carbons (Fsp3) is 0.100. The number of phenolic OH excluding ortho intramolecular Hbond substituents is 1. The second kappa shape index (κ2) is 3.20. The Balaban J connectivity index is 2.71. The molecule has 0 spiro atoms. The van der Waals surface area contributed by atoms with Gasteiger partial charge in [0.05, 0.1) is 11.9 Å². The summed E-state index contributed by atoms with van der Waals surface area (Å²) in [7, 11) is 0. The van der Waals surface area contributed by atoms with Crippen LogP contribution in [-0.2, 0) is 11.2 Å². The first-order chi connectivity index (χ1) is 7.09. The molecular weight excluding hydrogens is 198 g/mol. The lowest BCUT2D eigenvalue weighted by Gasteiger charge is -1.97. The van der Waals surface area contributed by atoms with Gasteiger partial charge in [-0.3, -0.25) is 4.79 Å². The molecule has 1 aromatic heterocycles. The minimum absolute atomic E-state index is 0.0414. The van der Waals surface area contributed by atoms with Gasteiger partial charge in [0.25, 0.3) is 0 Å². The quantitative estimate of drug-likeness (QED) is 0.595. The third kappa shape index (κ3) is 1.48. The number of phenols is 1. The van der Waals surface area contributed by atoms with Gasteiger partial charge < -0.3 is 20.3 Å². The fourth-order valence-corrected chi connectivity index (χ4v) is 1.61. The molecule has 0 aliphatic heterocycles. The molecule has 0 bridgehead atoms. The topological polar surface area (TPSA) is 93.5 Å². The summed E-state index contributed by atoms with van der Waals surface area (Å²) < 4.78 is 0. The van der Waals surface area contributed by atoms with E-state index < -0.39 is 5.97 Å². The number of carbonyl (C=O) groups is 1. The van der Waals surface area contributed by atoms with E-state index in [0.717, 1.165) is 0 Å². The predicted octanol–water partition coefficient (Wildman–Crippen LogP) is 1.21. The smallest absolute Gasteiger partial charge is 0.308 e. The van der Waals surface area contributed by atoms with E-state index in [2.05, 4.69) is 4.98 Å². The summed E-state index contributed by atoms with van der Waals surface area (Å²) >= 11 is 0. The lowest BCUT2D eigenvalue weighted by atomic mass is 10.1. The van der Waals surface area contributed by atoms with Crippen LogP contribution < -0.4 is 0 Å². The van der Waals surface area contributed by atoms with Gasteiger partial charge in [-0.2, -0.15) is 0 Å². The van der Waals surface area contributed by atoms with Crippen molar-refractivity contribution in [3.63, 3.8) is 0 Å². The third-order valence-electron chi connectivity index (χ3n) is 2.21. The monoisotopic (exact) mass is 207 g/mol. The molecular formula is C10H9NO4. The molecule has 2 aromatic rings. The second-order valence-electron chi connectivity index (χ2n) is 3.22. The minimum Gasteiger partial charge on any atom is -0.507 e. The zero-order valence-electron chi connectivity index (χ0n) is 7.69. The van der Waals surface area contributed by atoms with Crippen molar-refractivity contribution < 1.29 is 20.1 Å². The van der Waals surface area contributed by atoms with Crippen LogP contribution in [0.25, 0.3) is 10.9 Å². The average molecular weight is 207 g/mol. The Morgan fingerprint density at radius 1 is 1.33 bits per heavy atom. The Hall–Kier alpha value is -2.17. The molecule has 4 N–H and O–H groups in total. The molecule has 0 saturated heterocycles. The van der Waals surface area contributed by atoms with Gasteiger partial charge in [-0.25, -0.2) is 0 Å². The highest BCUT2D eigenvalue weighted by Gasteiger charge is 2.16. The van der Waals surface area contributed by atoms with Crippen LogP contribution in [0, 0.1) is 0 Å². The standard InChI is InChI=1S/C10H9NO4/c12-7-3-1-2-6-9(7)5(4-8(13)14)10(15)11-6/h1-3,11-12,15H,4H2,(H,13,14). The zero-order chi connectivity index (χ0) is 11.0. The first-order valence-electron chi connectivity index (χ1n) is 4.33. The second-order valence-corrected chi connectivity index (χ2v) is 3.22. The molecule has 0 atom stereocenters. The van der Waals surface area contributed by atoms with Crippen LogP contribution in [0.1, 0.15) is 5.56 Å². The normalized spacial score (nSPS) is 10.7. The molecule has 1 heterocycles. The van der Waals surface area contributed by atoms with E-state index in [1.165, 1.54) is 6.07 Å². The molecule has 0 amide bonds. The van der Waals surface area contributed by atoms with Crippen molar-refractivity contribution in [2.45, 2.75) is 6.42 Å². The highest BCUT2D eigenvalue weighted by atomic mass is 16.4. The highest BCUT2D eigenvalue weighted by Crippen LogP contribution is 2.33. The molecule has 0 radical (unpaired) electrons. The molecule has 5 nitrogen and oxygen atoms in total. The van der Waals surface area contributed by atoms with Crippen molar-refractivity contribution in [2.24, 2.45) is 0 Å². The van der Waals surface area contributed by atoms with Gasteiger partial charge in [0, 0.05) is 10.9 Å². The molecule has 2 rings (SSSR count). The predicted molar refractivity (Wildman–Crippen MR) is 53.0 cm³/mol. The van der Waals surface area contributed by atoms with Crippen molar-refractivity contribution in [2.75, 3.05) is 0 Å². The van der Waals surface area contributed by atoms with Crippen LogP contribution in [0.3, 0.4) is 0 Å². The molecule has 0 aliphatic carbocycles. The van der Waals surface area contributed by atoms with Crippen molar-refractivity contribution >= 4 is 16.9 Å². The number of aromatic nitrogens is 1. The van der Waals surface area contributed by atoms with Gasteiger partial charge in [0.2, 0.25) is 0 Å². The zero-order valence-corrected chi connectivity index (χ0v) is 7.69. The molecule has 15 heavy (non-hydrogen) atoms. The van der Waals surface area contributed by atoms with E-state index in [-0.39, 0.29) is 23.6 Å². The Labute approximate surface area is 84.6 Å². The maximum absolute atomic E-state index is 10.6. The molecule has 0 fully saturated rings. The number of fused-ring (bicyclic) bond motifs is 1. The summed E-state index contributed by atoms with van der Waals surface area (Å²) in [6, 6.07) is 4.71. The number of aromatic hydroxyl groups is 2. The van der Waals surface area contributed by atoms with Crippen LogP contribution >= 0.6 is 0 Å². The molecule has 0 aliphatic rings. The molecule has 1 aromatic carbocycles. The van der Waals surface area contributed by atoms with E-state index in [4.69, 9.17) is 5.11 Å². The van der Waals surface area contributed by atoms with E-state index in [9.17, 15) is 15.0 Å². The Kier molecular flexibility index (Phi) is 2.00. The largest absolute Gasteiger partial charge is 0.507 e. The Morgan fingerprint density at radius 2 is 2.07 bits per heavy atom. The fourth-order valence-electron chi connectivity index (χ4n) is 1.61. The summed E-state index contributed by atoms with van der Waals surface area (Å²) in [6.07, 6.45) is -0.330. The van der Waals surface area contributed by atoms with Crippen LogP contribution in [0.4, 0.5) is 0 Å². The SMILES string of the molecule is O=C(O)Cc1c(O)[nH]c2cccc(O)c12. The van der Waals surface area contributed by atoms with Gasteiger partial charge in [0.1, 0.15) is 5.75 Å². The van der Waals surface area contributed by atoms with E-state index >= 15 is 0 Å². The number of carboxylic acids is 1. The van der Waals surface area contributed by atoms with Gasteiger partial charge in [-0.1, -0.05) is 6.07 Å². The number of H-pyrrole nitrogens is 1. The number of carboxylic acid groups (broad SMARTS) is 1. The Bertz CT molecular complexity index is 529. The summed E-state index contributed by atoms with van der Waals surface area (Å²) in [4.78, 5) is 13.2. The molecule has 0 unspecified atom stereocenters. The van der Waals surface area contributed by atoms with Gasteiger partial charge in [-0.15, -0.1) is 0 Å². The first-order valence-corrected chi connectivity index (χ1v) is 4.33. The van der Waals surface area contributed by atoms with Crippen LogP contribution in [0.2, 0.25) is 0 Å². The lowest BCUT2D eigenvalue weighted by molar-refractivity contribution is -0.136. The third-order valence-corrected chi connectivity index (χ3v) is 2.21. The number of aromatic amines is 1. The van der Waals surface area contributed by atoms with Gasteiger partial charge in [0.15, 0.2) is 5.88 Å².